The molecule has 21 heavy (non-hydrogen) atoms. The normalized spacial score (nSPS) is 8.48. The number of carbonyl (C=O) groups excluding carboxylic acids is 2. The van der Waals surface area contributed by atoms with Gasteiger partial charge in [-0.25, -0.2) is 20.4 Å². The van der Waals surface area contributed by atoms with Gasteiger partial charge in [-0.05, 0) is 0 Å². The molecule has 0 rings (SSSR count). The predicted octanol–water partition coefficient (Wildman–Crippen LogP) is 5.90. The van der Waals surface area contributed by atoms with Crippen LogP contribution in [-0.2, 0) is 9.59 Å². The van der Waals surface area contributed by atoms with Crippen molar-refractivity contribution in [3.63, 3.8) is 0 Å². The molecule has 0 aliphatic rings. The summed E-state index contributed by atoms with van der Waals surface area (Å²) in [5.74, 6) is 0. The van der Waals surface area contributed by atoms with E-state index >= 15 is 0 Å². The first-order chi connectivity index (χ1) is 10.2. The van der Waals surface area contributed by atoms with E-state index in [0.717, 1.165) is 12.2 Å². The molecule has 0 spiro atoms. The first-order valence-corrected chi connectivity index (χ1v) is 8.32. The van der Waals surface area contributed by atoms with Gasteiger partial charge in [-0.1, -0.05) is 97.3 Å². The molecule has 4 heteroatoms. The van der Waals surface area contributed by atoms with Gasteiger partial charge in [-0.2, -0.15) is 0 Å². The molecule has 0 aliphatic heterocycles. The summed E-state index contributed by atoms with van der Waals surface area (Å²) in [4.78, 5) is 16.7. The minimum absolute atomic E-state index is 0.750. The molecule has 0 unspecified atom stereocenters. The molecule has 2 N–H and O–H groups in total. The van der Waals surface area contributed by atoms with Gasteiger partial charge in [0, 0.05) is 0 Å². The zero-order valence-corrected chi connectivity index (χ0v) is 14.0. The maximum absolute atomic E-state index is 8.35. The highest BCUT2D eigenvalue weighted by molar-refractivity contribution is 5.26. The van der Waals surface area contributed by atoms with Crippen molar-refractivity contribution in [1.82, 2.24) is 0 Å². The molecule has 0 heterocycles. The number of hydrogen-bond acceptors (Lipinski definition) is 4. The topological polar surface area (TPSA) is 81.8 Å². The zero-order valence-electron chi connectivity index (χ0n) is 14.0. The quantitative estimate of drug-likeness (QED) is 0.267. The molecule has 0 radical (unpaired) electrons. The third kappa shape index (κ3) is 45.5. The lowest BCUT2D eigenvalue weighted by Crippen LogP contribution is -1.82. The Hall–Kier alpha value is -1.24. The third-order valence-corrected chi connectivity index (χ3v) is 3.21. The standard InChI is InChI=1S/C15H32.2CHNO/c1-3-5-7-9-11-13-15-14-12-10-8-6-4-2;2*2-1-3/h3-15H2,1-2H3;2*2H. The number of hydrogen-bond donors (Lipinski definition) is 2. The Bertz CT molecular complexity index is 207. The third-order valence-electron chi connectivity index (χ3n) is 3.21. The van der Waals surface area contributed by atoms with Crippen LogP contribution in [0.3, 0.4) is 0 Å². The van der Waals surface area contributed by atoms with Gasteiger partial charge < -0.3 is 0 Å². The zero-order chi connectivity index (χ0) is 16.6. The maximum Gasteiger partial charge on any atom is 0.231 e. The van der Waals surface area contributed by atoms with Gasteiger partial charge >= 0.3 is 0 Å². The second-order valence-electron chi connectivity index (χ2n) is 5.09. The lowest BCUT2D eigenvalue weighted by Gasteiger charge is -2.01. The van der Waals surface area contributed by atoms with Gasteiger partial charge in [0.25, 0.3) is 0 Å². The van der Waals surface area contributed by atoms with E-state index in [2.05, 4.69) is 13.8 Å². The molecule has 0 aromatic carbocycles. The number of rotatable bonds is 12. The van der Waals surface area contributed by atoms with E-state index in [4.69, 9.17) is 20.4 Å². The summed E-state index contributed by atoms with van der Waals surface area (Å²) in [5.41, 5.74) is 0. The van der Waals surface area contributed by atoms with Crippen LogP contribution in [-0.4, -0.2) is 12.2 Å². The molecule has 0 aromatic rings. The Morgan fingerprint density at radius 1 is 0.524 bits per heavy atom. The monoisotopic (exact) mass is 298 g/mol. The predicted molar refractivity (Wildman–Crippen MR) is 88.2 cm³/mol. The van der Waals surface area contributed by atoms with E-state index in [1.165, 1.54) is 83.5 Å². The van der Waals surface area contributed by atoms with Gasteiger partial charge in [-0.15, -0.1) is 0 Å². The molecule has 0 fully saturated rings. The largest absolute Gasteiger partial charge is 0.231 e. The SMILES string of the molecule is CCCCCCCCCCCCCCC.N=C=O.N=C=O. The van der Waals surface area contributed by atoms with Crippen LogP contribution in [0.2, 0.25) is 0 Å². The minimum atomic E-state index is 0.750. The van der Waals surface area contributed by atoms with E-state index < -0.39 is 0 Å². The fourth-order valence-corrected chi connectivity index (χ4v) is 2.09. The van der Waals surface area contributed by atoms with Crippen molar-refractivity contribution in [3.05, 3.63) is 0 Å². The van der Waals surface area contributed by atoms with E-state index in [0.29, 0.717) is 0 Å². The van der Waals surface area contributed by atoms with Crippen molar-refractivity contribution in [2.75, 3.05) is 0 Å². The Labute approximate surface area is 130 Å². The van der Waals surface area contributed by atoms with Crippen molar-refractivity contribution >= 4 is 12.2 Å². The van der Waals surface area contributed by atoms with Gasteiger partial charge in [-0.3, -0.25) is 0 Å². The highest BCUT2D eigenvalue weighted by Gasteiger charge is 1.92. The first kappa shape index (κ1) is 24.8. The van der Waals surface area contributed by atoms with Crippen LogP contribution >= 0.6 is 0 Å². The van der Waals surface area contributed by atoms with E-state index in [1.54, 1.807) is 0 Å². The van der Waals surface area contributed by atoms with Gasteiger partial charge in [0.1, 0.15) is 0 Å². The lowest BCUT2D eigenvalue weighted by atomic mass is 10.1. The summed E-state index contributed by atoms with van der Waals surface area (Å²) in [5, 5.41) is 10.8. The summed E-state index contributed by atoms with van der Waals surface area (Å²) >= 11 is 0. The van der Waals surface area contributed by atoms with Crippen LogP contribution in [0.5, 0.6) is 0 Å². The average Bonchev–Trinajstić information content (AvgIpc) is 2.46. The molecule has 4 nitrogen and oxygen atoms in total. The Balaban J connectivity index is -0.000000460. The summed E-state index contributed by atoms with van der Waals surface area (Å²) in [6.45, 7) is 4.58. The van der Waals surface area contributed by atoms with Crippen LogP contribution in [0.4, 0.5) is 0 Å². The fourth-order valence-electron chi connectivity index (χ4n) is 2.09. The summed E-state index contributed by atoms with van der Waals surface area (Å²) in [6, 6.07) is 0. The van der Waals surface area contributed by atoms with Gasteiger partial charge in [0.05, 0.1) is 0 Å². The van der Waals surface area contributed by atoms with Crippen LogP contribution in [0.15, 0.2) is 0 Å². The molecular weight excluding hydrogens is 264 g/mol. The smallest absolute Gasteiger partial charge is 0.222 e. The molecule has 0 aliphatic carbocycles. The number of unbranched alkanes of at least 4 members (excludes halogenated alkanes) is 12. The molecule has 0 aromatic heterocycles. The molecule has 124 valence electrons. The Kier molecular flexibility index (Phi) is 36.8. The van der Waals surface area contributed by atoms with Gasteiger partial charge in [0.15, 0.2) is 0 Å². The van der Waals surface area contributed by atoms with E-state index in [9.17, 15) is 0 Å². The molecule has 0 saturated carbocycles. The highest BCUT2D eigenvalue weighted by atomic mass is 16.1. The van der Waals surface area contributed by atoms with Crippen LogP contribution < -0.4 is 0 Å². The minimum Gasteiger partial charge on any atom is -0.222 e. The van der Waals surface area contributed by atoms with Crippen molar-refractivity contribution in [2.24, 2.45) is 0 Å². The van der Waals surface area contributed by atoms with Crippen LogP contribution in [0.1, 0.15) is 97.3 Å². The first-order valence-electron chi connectivity index (χ1n) is 8.32. The Morgan fingerprint density at radius 3 is 0.810 bits per heavy atom. The van der Waals surface area contributed by atoms with Crippen molar-refractivity contribution in [2.45, 2.75) is 97.3 Å². The average molecular weight is 298 g/mol. The maximum atomic E-state index is 8.35. The summed E-state index contributed by atoms with van der Waals surface area (Å²) in [6.07, 6.45) is 20.4. The highest BCUT2D eigenvalue weighted by Crippen LogP contribution is 2.12. The van der Waals surface area contributed by atoms with Crippen LogP contribution in [0, 0.1) is 10.8 Å². The van der Waals surface area contributed by atoms with E-state index in [-0.39, 0.29) is 0 Å². The summed E-state index contributed by atoms with van der Waals surface area (Å²) in [7, 11) is 0. The fraction of sp³-hybridized carbons (Fsp3) is 0.882. The van der Waals surface area contributed by atoms with E-state index in [1.807, 2.05) is 0 Å². The number of nitrogens with one attached hydrogen (secondary N) is 2. The van der Waals surface area contributed by atoms with Crippen LogP contribution in [0.25, 0.3) is 0 Å². The van der Waals surface area contributed by atoms with Crippen molar-refractivity contribution in [3.8, 4) is 0 Å². The second-order valence-corrected chi connectivity index (χ2v) is 5.09. The Morgan fingerprint density at radius 2 is 0.667 bits per heavy atom. The lowest BCUT2D eigenvalue weighted by molar-refractivity contribution is 0.542. The summed E-state index contributed by atoms with van der Waals surface area (Å²) < 4.78 is 0. The molecular formula is C17H34N2O2. The van der Waals surface area contributed by atoms with Crippen molar-refractivity contribution < 1.29 is 9.59 Å². The molecule has 0 saturated heterocycles. The van der Waals surface area contributed by atoms with Crippen molar-refractivity contribution in [1.29, 1.82) is 10.8 Å². The second kappa shape index (κ2) is 31.3. The molecule has 0 amide bonds. The number of isocyanates is 2. The molecule has 0 bridgehead atoms. The molecule has 0 atom stereocenters. The van der Waals surface area contributed by atoms with Gasteiger partial charge in [0.2, 0.25) is 12.2 Å².